The summed E-state index contributed by atoms with van der Waals surface area (Å²) in [5.74, 6) is 0.991. The average molecular weight is 451 g/mol. The lowest BCUT2D eigenvalue weighted by Gasteiger charge is -2.24. The Morgan fingerprint density at radius 2 is 1.91 bits per heavy atom. The number of carbonyl (C=O) groups is 2. The van der Waals surface area contributed by atoms with Crippen LogP contribution in [0.4, 0.5) is 4.79 Å². The highest BCUT2D eigenvalue weighted by Gasteiger charge is 2.31. The number of hydrogen-bond acceptors (Lipinski definition) is 5. The fraction of sp³-hybridized carbons (Fsp3) is 0.385. The van der Waals surface area contributed by atoms with Crippen molar-refractivity contribution in [2.75, 3.05) is 13.1 Å². The summed E-state index contributed by atoms with van der Waals surface area (Å²) in [5, 5.41) is 3.76. The molecular weight excluding hydrogens is 420 g/mol. The molecule has 0 radical (unpaired) electrons. The number of hydrogen-bond donors (Lipinski definition) is 1. The van der Waals surface area contributed by atoms with Gasteiger partial charge in [0.05, 0.1) is 5.56 Å². The lowest BCUT2D eigenvalue weighted by atomic mass is 10.1. The molecule has 1 atom stereocenters. The Morgan fingerprint density at radius 1 is 1.15 bits per heavy atom. The molecule has 0 aliphatic carbocycles. The molecule has 2 heterocycles. The highest BCUT2D eigenvalue weighted by molar-refractivity contribution is 6.07. The van der Waals surface area contributed by atoms with E-state index in [0.29, 0.717) is 54.2 Å². The van der Waals surface area contributed by atoms with Crippen LogP contribution in [0, 0.1) is 6.92 Å². The third kappa shape index (κ3) is 5.48. The molecule has 1 aromatic heterocycles. The molecule has 1 aliphatic rings. The van der Waals surface area contributed by atoms with E-state index in [1.807, 2.05) is 69.3 Å². The minimum atomic E-state index is -0.550. The number of benzene rings is 2. The van der Waals surface area contributed by atoms with E-state index in [2.05, 4.69) is 5.32 Å². The van der Waals surface area contributed by atoms with Crippen molar-refractivity contribution in [3.8, 4) is 5.75 Å². The molecule has 7 nitrogen and oxygen atoms in total. The summed E-state index contributed by atoms with van der Waals surface area (Å²) in [7, 11) is 0. The molecule has 2 aromatic carbocycles. The van der Waals surface area contributed by atoms with E-state index in [-0.39, 0.29) is 18.0 Å². The minimum Gasteiger partial charge on any atom is -0.489 e. The van der Waals surface area contributed by atoms with Gasteiger partial charge in [-0.1, -0.05) is 30.3 Å². The van der Waals surface area contributed by atoms with Crippen LogP contribution in [0.2, 0.25) is 0 Å². The number of nitrogens with zero attached hydrogens (tertiary/aromatic N) is 1. The first-order valence-electron chi connectivity index (χ1n) is 11.2. The zero-order chi connectivity index (χ0) is 23.6. The first kappa shape index (κ1) is 22.7. The van der Waals surface area contributed by atoms with E-state index >= 15 is 0 Å². The molecule has 0 bridgehead atoms. The number of carbonyl (C=O) groups excluding carboxylic acids is 2. The van der Waals surface area contributed by atoms with Crippen molar-refractivity contribution in [1.82, 2.24) is 10.2 Å². The third-order valence-corrected chi connectivity index (χ3v) is 5.49. The van der Waals surface area contributed by atoms with Gasteiger partial charge in [-0.15, -0.1) is 0 Å². The van der Waals surface area contributed by atoms with E-state index < -0.39 is 5.60 Å². The fourth-order valence-electron chi connectivity index (χ4n) is 3.94. The molecule has 0 spiro atoms. The lowest BCUT2D eigenvalue weighted by Crippen LogP contribution is -2.40. The highest BCUT2D eigenvalue weighted by Crippen LogP contribution is 2.30. The Balaban J connectivity index is 1.44. The summed E-state index contributed by atoms with van der Waals surface area (Å²) >= 11 is 0. The molecule has 174 valence electrons. The van der Waals surface area contributed by atoms with Gasteiger partial charge in [0.2, 0.25) is 0 Å². The Bertz CT molecular complexity index is 1150. The van der Waals surface area contributed by atoms with Gasteiger partial charge < -0.3 is 24.1 Å². The third-order valence-electron chi connectivity index (χ3n) is 5.49. The van der Waals surface area contributed by atoms with E-state index in [0.717, 1.165) is 5.56 Å². The predicted octanol–water partition coefficient (Wildman–Crippen LogP) is 5.06. The normalized spacial score (nSPS) is 16.1. The van der Waals surface area contributed by atoms with Gasteiger partial charge in [-0.2, -0.15) is 0 Å². The summed E-state index contributed by atoms with van der Waals surface area (Å²) < 4.78 is 17.2. The van der Waals surface area contributed by atoms with Crippen molar-refractivity contribution < 1.29 is 23.5 Å². The van der Waals surface area contributed by atoms with Gasteiger partial charge in [-0.05, 0) is 57.9 Å². The summed E-state index contributed by atoms with van der Waals surface area (Å²) in [5.41, 5.74) is 1.64. The average Bonchev–Trinajstić information content (AvgIpc) is 3.35. The first-order valence-corrected chi connectivity index (χ1v) is 11.2. The number of ether oxygens (including phenoxy) is 2. The van der Waals surface area contributed by atoms with Crippen molar-refractivity contribution in [2.45, 2.75) is 52.4 Å². The standard InChI is InChI=1S/C26H30N2O5/c1-17-23(24(29)27-19-12-13-28(15-19)25(30)33-26(2,3)4)21-14-20(10-11-22(21)32-17)31-16-18-8-6-5-7-9-18/h5-11,14,19H,12-13,15-16H2,1-4H3,(H,27,29)/t19-/m1/s1. The maximum atomic E-state index is 13.1. The molecule has 1 aliphatic heterocycles. The van der Waals surface area contributed by atoms with Gasteiger partial charge in [-0.25, -0.2) is 4.79 Å². The van der Waals surface area contributed by atoms with Crippen molar-refractivity contribution in [2.24, 2.45) is 0 Å². The quantitative estimate of drug-likeness (QED) is 0.588. The monoisotopic (exact) mass is 450 g/mol. The molecule has 2 amide bonds. The van der Waals surface area contributed by atoms with Crippen LogP contribution in [0.1, 0.15) is 48.9 Å². The van der Waals surface area contributed by atoms with Crippen molar-refractivity contribution in [3.63, 3.8) is 0 Å². The Hall–Kier alpha value is -3.48. The van der Waals surface area contributed by atoms with Gasteiger partial charge in [0.15, 0.2) is 0 Å². The smallest absolute Gasteiger partial charge is 0.410 e. The summed E-state index contributed by atoms with van der Waals surface area (Å²) in [6.45, 7) is 8.69. The summed E-state index contributed by atoms with van der Waals surface area (Å²) in [6.07, 6.45) is 0.315. The lowest BCUT2D eigenvalue weighted by molar-refractivity contribution is 0.0290. The first-order chi connectivity index (χ1) is 15.7. The van der Waals surface area contributed by atoms with Gasteiger partial charge in [0.25, 0.3) is 5.91 Å². The Morgan fingerprint density at radius 3 is 2.64 bits per heavy atom. The molecule has 0 saturated carbocycles. The van der Waals surface area contributed by atoms with E-state index in [4.69, 9.17) is 13.9 Å². The molecule has 3 aromatic rings. The molecule has 1 N–H and O–H groups in total. The highest BCUT2D eigenvalue weighted by atomic mass is 16.6. The summed E-state index contributed by atoms with van der Waals surface area (Å²) in [4.78, 5) is 27.1. The maximum absolute atomic E-state index is 13.1. The molecule has 4 rings (SSSR count). The molecule has 33 heavy (non-hydrogen) atoms. The second-order valence-corrected chi connectivity index (χ2v) is 9.35. The molecule has 0 unspecified atom stereocenters. The Kier molecular flexibility index (Phi) is 6.31. The fourth-order valence-corrected chi connectivity index (χ4v) is 3.94. The second-order valence-electron chi connectivity index (χ2n) is 9.35. The number of fused-ring (bicyclic) bond motifs is 1. The minimum absolute atomic E-state index is 0.146. The number of aryl methyl sites for hydroxylation is 1. The molecule has 7 heteroatoms. The molecule has 1 fully saturated rings. The van der Waals surface area contributed by atoms with Gasteiger partial charge in [0.1, 0.15) is 29.3 Å². The number of nitrogens with one attached hydrogen (secondary N) is 1. The van der Waals surface area contributed by atoms with Gasteiger partial charge in [0, 0.05) is 24.5 Å². The van der Waals surface area contributed by atoms with Crippen LogP contribution in [0.5, 0.6) is 5.75 Å². The van der Waals surface area contributed by atoms with Gasteiger partial charge in [-0.3, -0.25) is 4.79 Å². The van der Waals surface area contributed by atoms with Crippen molar-refractivity contribution in [3.05, 3.63) is 65.4 Å². The van der Waals surface area contributed by atoms with Crippen LogP contribution in [-0.2, 0) is 11.3 Å². The van der Waals surface area contributed by atoms with Gasteiger partial charge >= 0.3 is 6.09 Å². The zero-order valence-electron chi connectivity index (χ0n) is 19.5. The van der Waals surface area contributed by atoms with Crippen LogP contribution >= 0.6 is 0 Å². The number of rotatable bonds is 5. The van der Waals surface area contributed by atoms with Crippen molar-refractivity contribution in [1.29, 1.82) is 0 Å². The molecule has 1 saturated heterocycles. The largest absolute Gasteiger partial charge is 0.489 e. The van der Waals surface area contributed by atoms with E-state index in [1.54, 1.807) is 11.8 Å². The van der Waals surface area contributed by atoms with Crippen molar-refractivity contribution >= 4 is 23.0 Å². The zero-order valence-corrected chi connectivity index (χ0v) is 19.5. The van der Waals surface area contributed by atoms with Crippen LogP contribution < -0.4 is 10.1 Å². The number of likely N-dealkylation sites (tertiary alicyclic amines) is 1. The van der Waals surface area contributed by atoms with E-state index in [1.165, 1.54) is 0 Å². The van der Waals surface area contributed by atoms with E-state index in [9.17, 15) is 9.59 Å². The topological polar surface area (TPSA) is 81.0 Å². The SMILES string of the molecule is Cc1oc2ccc(OCc3ccccc3)cc2c1C(=O)N[C@@H]1CCN(C(=O)OC(C)(C)C)C1. The van der Waals surface area contributed by atoms with Crippen LogP contribution in [0.15, 0.2) is 52.9 Å². The van der Waals surface area contributed by atoms with Crippen LogP contribution in [-0.4, -0.2) is 41.6 Å². The maximum Gasteiger partial charge on any atom is 0.410 e. The molecular formula is C26H30N2O5. The predicted molar refractivity (Wildman–Crippen MR) is 125 cm³/mol. The summed E-state index contributed by atoms with van der Waals surface area (Å²) in [6, 6.07) is 15.3. The second kappa shape index (κ2) is 9.17. The number of amides is 2. The Labute approximate surface area is 193 Å². The van der Waals surface area contributed by atoms with Crippen LogP contribution in [0.25, 0.3) is 11.0 Å². The number of furan rings is 1. The van der Waals surface area contributed by atoms with Crippen LogP contribution in [0.3, 0.4) is 0 Å².